The summed E-state index contributed by atoms with van der Waals surface area (Å²) >= 11 is 0. The van der Waals surface area contributed by atoms with E-state index in [-0.39, 0.29) is 5.78 Å². The number of aryl methyl sites for hydroxylation is 2. The van der Waals surface area contributed by atoms with Gasteiger partial charge in [-0.05, 0) is 18.1 Å². The molecular formula is C14H16N2O. The van der Waals surface area contributed by atoms with Crippen molar-refractivity contribution in [1.29, 1.82) is 0 Å². The molecule has 0 amide bonds. The van der Waals surface area contributed by atoms with Crippen molar-refractivity contribution >= 4 is 5.78 Å². The van der Waals surface area contributed by atoms with Crippen molar-refractivity contribution in [3.05, 3.63) is 53.3 Å². The summed E-state index contributed by atoms with van der Waals surface area (Å²) in [5.41, 5.74) is 2.59. The van der Waals surface area contributed by atoms with E-state index in [1.165, 1.54) is 5.56 Å². The molecule has 3 nitrogen and oxygen atoms in total. The molecule has 1 heterocycles. The lowest BCUT2D eigenvalue weighted by Crippen LogP contribution is -2.00. The fourth-order valence-electron chi connectivity index (χ4n) is 1.86. The molecule has 0 bridgehead atoms. The first-order chi connectivity index (χ1) is 8.20. The van der Waals surface area contributed by atoms with Crippen molar-refractivity contribution in [3.63, 3.8) is 0 Å². The summed E-state index contributed by atoms with van der Waals surface area (Å²) in [5, 5.41) is 4.02. The highest BCUT2D eigenvalue weighted by molar-refractivity contribution is 6.08. The normalized spacial score (nSPS) is 10.5. The second-order valence-electron chi connectivity index (χ2n) is 4.18. The molecule has 0 radical (unpaired) electrons. The van der Waals surface area contributed by atoms with Gasteiger partial charge in [-0.3, -0.25) is 9.48 Å². The Labute approximate surface area is 101 Å². The number of nitrogens with zero attached hydrogens (tertiary/aromatic N) is 2. The largest absolute Gasteiger partial charge is 0.288 e. The van der Waals surface area contributed by atoms with E-state index in [9.17, 15) is 4.79 Å². The molecule has 0 saturated heterocycles. The molecule has 0 atom stereocenters. The number of benzene rings is 1. The van der Waals surface area contributed by atoms with Gasteiger partial charge < -0.3 is 0 Å². The number of aromatic nitrogens is 2. The van der Waals surface area contributed by atoms with Crippen LogP contribution in [0, 0.1) is 0 Å². The summed E-state index contributed by atoms with van der Waals surface area (Å²) in [6.45, 7) is 2.13. The third kappa shape index (κ3) is 2.61. The first-order valence-electron chi connectivity index (χ1n) is 5.83. The molecule has 2 aromatic rings. The molecule has 1 aromatic heterocycles. The predicted octanol–water partition coefficient (Wildman–Crippen LogP) is 2.60. The van der Waals surface area contributed by atoms with Crippen molar-refractivity contribution in [2.75, 3.05) is 0 Å². The monoisotopic (exact) mass is 228 g/mol. The highest BCUT2D eigenvalue weighted by atomic mass is 16.1. The van der Waals surface area contributed by atoms with Gasteiger partial charge in [-0.1, -0.05) is 31.5 Å². The molecule has 0 N–H and O–H groups in total. The first-order valence-corrected chi connectivity index (χ1v) is 5.83. The van der Waals surface area contributed by atoms with E-state index in [4.69, 9.17) is 0 Å². The number of ketones is 1. The summed E-state index contributed by atoms with van der Waals surface area (Å²) in [6.07, 6.45) is 5.45. The molecule has 3 heteroatoms. The summed E-state index contributed by atoms with van der Waals surface area (Å²) in [5.74, 6) is 0.0380. The zero-order chi connectivity index (χ0) is 12.3. The van der Waals surface area contributed by atoms with Crippen LogP contribution in [0.3, 0.4) is 0 Å². The molecule has 0 fully saturated rings. The third-order valence-corrected chi connectivity index (χ3v) is 2.69. The quantitative estimate of drug-likeness (QED) is 0.754. The minimum atomic E-state index is 0.0380. The lowest BCUT2D eigenvalue weighted by molar-refractivity contribution is 0.103. The van der Waals surface area contributed by atoms with Crippen LogP contribution in [-0.4, -0.2) is 15.6 Å². The van der Waals surface area contributed by atoms with E-state index in [0.717, 1.165) is 18.4 Å². The highest BCUT2D eigenvalue weighted by Gasteiger charge is 2.10. The Bertz CT molecular complexity index is 529. The minimum Gasteiger partial charge on any atom is -0.288 e. The van der Waals surface area contributed by atoms with Crippen LogP contribution in [0.1, 0.15) is 34.8 Å². The van der Waals surface area contributed by atoms with Crippen molar-refractivity contribution in [2.24, 2.45) is 7.05 Å². The van der Waals surface area contributed by atoms with Crippen LogP contribution in [0.15, 0.2) is 36.7 Å². The third-order valence-electron chi connectivity index (χ3n) is 2.69. The average molecular weight is 228 g/mol. The lowest BCUT2D eigenvalue weighted by Gasteiger charge is -2.02. The maximum atomic E-state index is 12.2. The standard InChI is InChI=1S/C14H16N2O/c1-3-5-11-6-4-7-12(8-11)14(17)13-9-15-16(2)10-13/h4,6-10H,3,5H2,1-2H3. The van der Waals surface area contributed by atoms with Crippen LogP contribution in [0.5, 0.6) is 0 Å². The second kappa shape index (κ2) is 4.95. The van der Waals surface area contributed by atoms with E-state index >= 15 is 0 Å². The molecule has 0 aliphatic carbocycles. The zero-order valence-electron chi connectivity index (χ0n) is 10.2. The summed E-state index contributed by atoms with van der Waals surface area (Å²) in [4.78, 5) is 12.2. The fraction of sp³-hybridized carbons (Fsp3) is 0.286. The lowest BCUT2D eigenvalue weighted by atomic mass is 10.0. The molecule has 2 rings (SSSR count). The van der Waals surface area contributed by atoms with Gasteiger partial charge in [0.15, 0.2) is 5.78 Å². The van der Waals surface area contributed by atoms with Crippen LogP contribution in [0.2, 0.25) is 0 Å². The van der Waals surface area contributed by atoms with Gasteiger partial charge in [-0.15, -0.1) is 0 Å². The van der Waals surface area contributed by atoms with Crippen LogP contribution < -0.4 is 0 Å². The van der Waals surface area contributed by atoms with Gasteiger partial charge in [0.25, 0.3) is 0 Å². The number of carbonyl (C=O) groups is 1. The maximum absolute atomic E-state index is 12.2. The van der Waals surface area contributed by atoms with Crippen molar-refractivity contribution in [3.8, 4) is 0 Å². The Hall–Kier alpha value is -1.90. The van der Waals surface area contributed by atoms with Gasteiger partial charge in [0.1, 0.15) is 0 Å². The number of rotatable bonds is 4. The van der Waals surface area contributed by atoms with Gasteiger partial charge in [0.05, 0.1) is 11.8 Å². The molecule has 0 aliphatic rings. The van der Waals surface area contributed by atoms with Crippen LogP contribution >= 0.6 is 0 Å². The van der Waals surface area contributed by atoms with Crippen molar-refractivity contribution < 1.29 is 4.79 Å². The van der Waals surface area contributed by atoms with Crippen molar-refractivity contribution in [2.45, 2.75) is 19.8 Å². The van der Waals surface area contributed by atoms with E-state index in [2.05, 4.69) is 18.1 Å². The first kappa shape index (κ1) is 11.6. The predicted molar refractivity (Wildman–Crippen MR) is 67.1 cm³/mol. The Morgan fingerprint density at radius 3 is 2.82 bits per heavy atom. The zero-order valence-corrected chi connectivity index (χ0v) is 10.2. The maximum Gasteiger partial charge on any atom is 0.196 e. The summed E-state index contributed by atoms with van der Waals surface area (Å²) in [6, 6.07) is 7.82. The Balaban J connectivity index is 2.27. The molecule has 0 spiro atoms. The van der Waals surface area contributed by atoms with E-state index in [1.54, 1.807) is 17.1 Å². The molecule has 88 valence electrons. The molecule has 0 aliphatic heterocycles. The molecule has 0 saturated carbocycles. The van der Waals surface area contributed by atoms with Gasteiger partial charge in [-0.25, -0.2) is 0 Å². The van der Waals surface area contributed by atoms with Crippen LogP contribution in [0.25, 0.3) is 0 Å². The van der Waals surface area contributed by atoms with E-state index < -0.39 is 0 Å². The average Bonchev–Trinajstić information content (AvgIpc) is 2.76. The fourth-order valence-corrected chi connectivity index (χ4v) is 1.86. The van der Waals surface area contributed by atoms with Gasteiger partial charge in [-0.2, -0.15) is 5.10 Å². The summed E-state index contributed by atoms with van der Waals surface area (Å²) < 4.78 is 1.64. The molecule has 17 heavy (non-hydrogen) atoms. The number of hydrogen-bond acceptors (Lipinski definition) is 2. The Kier molecular flexibility index (Phi) is 3.38. The number of hydrogen-bond donors (Lipinski definition) is 0. The van der Waals surface area contributed by atoms with Crippen molar-refractivity contribution in [1.82, 2.24) is 9.78 Å². The number of carbonyl (C=O) groups excluding carboxylic acids is 1. The highest BCUT2D eigenvalue weighted by Crippen LogP contribution is 2.12. The topological polar surface area (TPSA) is 34.9 Å². The Morgan fingerprint density at radius 2 is 2.18 bits per heavy atom. The Morgan fingerprint density at radius 1 is 1.35 bits per heavy atom. The van der Waals surface area contributed by atoms with Gasteiger partial charge in [0, 0.05) is 18.8 Å². The van der Waals surface area contributed by atoms with Gasteiger partial charge in [0.2, 0.25) is 0 Å². The van der Waals surface area contributed by atoms with E-state index in [0.29, 0.717) is 5.56 Å². The van der Waals surface area contributed by atoms with Gasteiger partial charge >= 0.3 is 0 Å². The summed E-state index contributed by atoms with van der Waals surface area (Å²) in [7, 11) is 1.81. The molecule has 0 unspecified atom stereocenters. The van der Waals surface area contributed by atoms with E-state index in [1.807, 2.05) is 25.2 Å². The second-order valence-corrected chi connectivity index (χ2v) is 4.18. The van der Waals surface area contributed by atoms with Crippen LogP contribution in [-0.2, 0) is 13.5 Å². The molecular weight excluding hydrogens is 212 g/mol. The minimum absolute atomic E-state index is 0.0380. The smallest absolute Gasteiger partial charge is 0.196 e. The van der Waals surface area contributed by atoms with Crippen LogP contribution in [0.4, 0.5) is 0 Å². The molecule has 1 aromatic carbocycles. The SMILES string of the molecule is CCCc1cccc(C(=O)c2cnn(C)c2)c1.